The van der Waals surface area contributed by atoms with E-state index in [0.29, 0.717) is 19.5 Å². The van der Waals surface area contributed by atoms with Gasteiger partial charge in [0.1, 0.15) is 0 Å². The summed E-state index contributed by atoms with van der Waals surface area (Å²) in [7, 11) is 0. The minimum Gasteiger partial charge on any atom is -0.481 e. The van der Waals surface area contributed by atoms with Crippen LogP contribution in [0.5, 0.6) is 0 Å². The number of carbonyl (C=O) groups is 2. The Morgan fingerprint density at radius 2 is 1.86 bits per heavy atom. The Kier molecular flexibility index (Phi) is 3.71. The summed E-state index contributed by atoms with van der Waals surface area (Å²) < 4.78 is 0. The zero-order chi connectivity index (χ0) is 15.8. The molecule has 4 nitrogen and oxygen atoms in total. The van der Waals surface area contributed by atoms with Crippen LogP contribution in [-0.2, 0) is 16.0 Å². The summed E-state index contributed by atoms with van der Waals surface area (Å²) in [5.41, 5.74) is 0.112. The quantitative estimate of drug-likeness (QED) is 0.930. The molecule has 1 N–H and O–H groups in total. The van der Waals surface area contributed by atoms with Crippen molar-refractivity contribution in [3.05, 3.63) is 35.9 Å². The fourth-order valence-corrected chi connectivity index (χ4v) is 3.53. The summed E-state index contributed by atoms with van der Waals surface area (Å²) in [5, 5.41) is 9.41. The molecule has 2 aliphatic rings. The van der Waals surface area contributed by atoms with Gasteiger partial charge in [0.05, 0.1) is 10.8 Å². The van der Waals surface area contributed by atoms with E-state index in [-0.39, 0.29) is 11.3 Å². The van der Waals surface area contributed by atoms with Gasteiger partial charge >= 0.3 is 5.97 Å². The third kappa shape index (κ3) is 2.74. The topological polar surface area (TPSA) is 57.6 Å². The molecule has 0 spiro atoms. The molecule has 1 aliphatic heterocycles. The highest BCUT2D eigenvalue weighted by Gasteiger charge is 2.53. The zero-order valence-corrected chi connectivity index (χ0v) is 13.0. The van der Waals surface area contributed by atoms with Crippen molar-refractivity contribution in [2.75, 3.05) is 13.1 Å². The fraction of sp³-hybridized carbons (Fsp3) is 0.556. The van der Waals surface area contributed by atoms with Crippen LogP contribution in [-0.4, -0.2) is 35.0 Å². The van der Waals surface area contributed by atoms with E-state index in [2.05, 4.69) is 12.1 Å². The highest BCUT2D eigenvalue weighted by Crippen LogP contribution is 2.50. The molecule has 1 heterocycles. The van der Waals surface area contributed by atoms with Crippen LogP contribution in [0, 0.1) is 10.8 Å². The maximum Gasteiger partial charge on any atom is 0.311 e. The van der Waals surface area contributed by atoms with Crippen molar-refractivity contribution >= 4 is 11.9 Å². The van der Waals surface area contributed by atoms with Crippen molar-refractivity contribution in [2.45, 2.75) is 39.0 Å². The summed E-state index contributed by atoms with van der Waals surface area (Å²) >= 11 is 0. The molecule has 1 unspecified atom stereocenters. The molecule has 4 heteroatoms. The van der Waals surface area contributed by atoms with Crippen LogP contribution in [0.4, 0.5) is 0 Å². The maximum atomic E-state index is 12.9. The molecule has 1 aromatic carbocycles. The van der Waals surface area contributed by atoms with Gasteiger partial charge in [-0.05, 0) is 44.6 Å². The molecule has 1 atom stereocenters. The Bertz CT molecular complexity index is 579. The summed E-state index contributed by atoms with van der Waals surface area (Å²) in [4.78, 5) is 26.2. The highest BCUT2D eigenvalue weighted by atomic mass is 16.4. The second-order valence-electron chi connectivity index (χ2n) is 7.14. The average molecular weight is 301 g/mol. The van der Waals surface area contributed by atoms with Crippen LogP contribution in [0.1, 0.15) is 38.2 Å². The predicted octanol–water partition coefficient (Wildman–Crippen LogP) is 2.72. The molecule has 118 valence electrons. The van der Waals surface area contributed by atoms with E-state index in [4.69, 9.17) is 0 Å². The van der Waals surface area contributed by atoms with Crippen LogP contribution < -0.4 is 0 Å². The van der Waals surface area contributed by atoms with Crippen LogP contribution in [0.25, 0.3) is 0 Å². The van der Waals surface area contributed by atoms with E-state index >= 15 is 0 Å². The lowest BCUT2D eigenvalue weighted by Crippen LogP contribution is -2.50. The zero-order valence-electron chi connectivity index (χ0n) is 13.0. The summed E-state index contributed by atoms with van der Waals surface area (Å²) in [6, 6.07) is 10.1. The SMILES string of the molecule is CC1(C(=O)O)CCCN(C(=O)C2(Cc3ccccc3)CC2)C1. The van der Waals surface area contributed by atoms with E-state index in [1.807, 2.05) is 18.2 Å². The first-order valence-corrected chi connectivity index (χ1v) is 8.02. The van der Waals surface area contributed by atoms with Crippen molar-refractivity contribution < 1.29 is 14.7 Å². The molecular weight excluding hydrogens is 278 g/mol. The molecule has 1 saturated carbocycles. The van der Waals surface area contributed by atoms with Crippen LogP contribution in [0.3, 0.4) is 0 Å². The molecule has 2 fully saturated rings. The molecule has 1 aliphatic carbocycles. The lowest BCUT2D eigenvalue weighted by molar-refractivity contribution is -0.154. The van der Waals surface area contributed by atoms with Gasteiger partial charge in [0, 0.05) is 13.1 Å². The van der Waals surface area contributed by atoms with Crippen LogP contribution in [0.2, 0.25) is 0 Å². The number of benzene rings is 1. The van der Waals surface area contributed by atoms with E-state index in [1.54, 1.807) is 11.8 Å². The molecule has 1 amide bonds. The van der Waals surface area contributed by atoms with Gasteiger partial charge in [-0.3, -0.25) is 9.59 Å². The first kappa shape index (κ1) is 15.1. The van der Waals surface area contributed by atoms with E-state index in [1.165, 1.54) is 5.56 Å². The second kappa shape index (κ2) is 5.41. The Morgan fingerprint density at radius 1 is 1.18 bits per heavy atom. The first-order valence-electron chi connectivity index (χ1n) is 8.02. The number of hydrogen-bond donors (Lipinski definition) is 1. The number of likely N-dealkylation sites (tertiary alicyclic amines) is 1. The van der Waals surface area contributed by atoms with Crippen LogP contribution in [0.15, 0.2) is 30.3 Å². The maximum absolute atomic E-state index is 12.9. The molecule has 0 bridgehead atoms. The molecule has 1 saturated heterocycles. The summed E-state index contributed by atoms with van der Waals surface area (Å²) in [5.74, 6) is -0.638. The van der Waals surface area contributed by atoms with E-state index < -0.39 is 11.4 Å². The number of carboxylic acid groups (broad SMARTS) is 1. The van der Waals surface area contributed by atoms with Crippen molar-refractivity contribution in [1.82, 2.24) is 4.90 Å². The Labute approximate surface area is 131 Å². The lowest BCUT2D eigenvalue weighted by Gasteiger charge is -2.39. The predicted molar refractivity (Wildman–Crippen MR) is 83.4 cm³/mol. The highest BCUT2D eigenvalue weighted by molar-refractivity contribution is 5.86. The average Bonchev–Trinajstić information content (AvgIpc) is 3.28. The van der Waals surface area contributed by atoms with Gasteiger partial charge in [0.2, 0.25) is 5.91 Å². The molecule has 0 aromatic heterocycles. The van der Waals surface area contributed by atoms with Crippen LogP contribution >= 0.6 is 0 Å². The second-order valence-corrected chi connectivity index (χ2v) is 7.14. The minimum atomic E-state index is -0.795. The number of hydrogen-bond acceptors (Lipinski definition) is 2. The molecular formula is C18H23NO3. The van der Waals surface area contributed by atoms with Crippen molar-refractivity contribution in [1.29, 1.82) is 0 Å². The summed E-state index contributed by atoms with van der Waals surface area (Å²) in [6.07, 6.45) is 4.03. The number of nitrogens with zero attached hydrogens (tertiary/aromatic N) is 1. The number of carboxylic acids is 1. The summed E-state index contributed by atoms with van der Waals surface area (Å²) in [6.45, 7) is 2.79. The lowest BCUT2D eigenvalue weighted by atomic mass is 9.81. The monoisotopic (exact) mass is 301 g/mol. The minimum absolute atomic E-state index is 0.156. The standard InChI is InChI=1S/C18H23NO3/c1-17(16(21)22)8-5-11-19(13-17)15(20)18(9-10-18)12-14-6-3-2-4-7-14/h2-4,6-7H,5,8-13H2,1H3,(H,21,22). The normalized spacial score (nSPS) is 26.5. The van der Waals surface area contributed by atoms with Crippen molar-refractivity contribution in [2.24, 2.45) is 10.8 Å². The van der Waals surface area contributed by atoms with E-state index in [9.17, 15) is 14.7 Å². The third-order valence-electron chi connectivity index (χ3n) is 5.19. The van der Waals surface area contributed by atoms with Gasteiger partial charge in [-0.1, -0.05) is 30.3 Å². The number of amides is 1. The number of carbonyl (C=O) groups excluding carboxylic acids is 1. The molecule has 3 rings (SSSR count). The largest absolute Gasteiger partial charge is 0.481 e. The van der Waals surface area contributed by atoms with Gasteiger partial charge in [-0.2, -0.15) is 0 Å². The fourth-order valence-electron chi connectivity index (χ4n) is 3.53. The Morgan fingerprint density at radius 3 is 2.45 bits per heavy atom. The van der Waals surface area contributed by atoms with Gasteiger partial charge in [0.25, 0.3) is 0 Å². The molecule has 1 aromatic rings. The number of piperidine rings is 1. The van der Waals surface area contributed by atoms with Gasteiger partial charge < -0.3 is 10.0 Å². The Hall–Kier alpha value is -1.84. The smallest absolute Gasteiger partial charge is 0.311 e. The number of rotatable bonds is 4. The van der Waals surface area contributed by atoms with Crippen molar-refractivity contribution in [3.8, 4) is 0 Å². The Balaban J connectivity index is 1.72. The van der Waals surface area contributed by atoms with Crippen molar-refractivity contribution in [3.63, 3.8) is 0 Å². The molecule has 0 radical (unpaired) electrons. The van der Waals surface area contributed by atoms with Gasteiger partial charge in [0.15, 0.2) is 0 Å². The van der Waals surface area contributed by atoms with Gasteiger partial charge in [-0.15, -0.1) is 0 Å². The number of aliphatic carboxylic acids is 1. The molecule has 22 heavy (non-hydrogen) atoms. The van der Waals surface area contributed by atoms with Gasteiger partial charge in [-0.25, -0.2) is 0 Å². The first-order chi connectivity index (χ1) is 10.5. The third-order valence-corrected chi connectivity index (χ3v) is 5.19. The van der Waals surface area contributed by atoms with E-state index in [0.717, 1.165) is 25.7 Å².